The highest BCUT2D eigenvalue weighted by molar-refractivity contribution is 6.30. The molecule has 0 aromatic heterocycles. The van der Waals surface area contributed by atoms with Crippen molar-refractivity contribution < 1.29 is 14.3 Å². The Hall–Kier alpha value is -1.48. The Kier molecular flexibility index (Phi) is 4.26. The molecule has 0 fully saturated rings. The molecule has 1 aliphatic rings. The first kappa shape index (κ1) is 13.0. The molecule has 0 bridgehead atoms. The Labute approximate surface area is 111 Å². The molecule has 0 aliphatic carbocycles. The largest absolute Gasteiger partial charge is 0.488 e. The summed E-state index contributed by atoms with van der Waals surface area (Å²) in [6.45, 7) is 2.75. The van der Waals surface area contributed by atoms with E-state index in [0.717, 1.165) is 24.2 Å². The van der Waals surface area contributed by atoms with Crippen LogP contribution in [-0.2, 0) is 9.53 Å². The Morgan fingerprint density at radius 3 is 3.11 bits per heavy atom. The molecular weight excluding hydrogens is 252 g/mol. The molecule has 0 atom stereocenters. The van der Waals surface area contributed by atoms with Gasteiger partial charge in [0.1, 0.15) is 12.4 Å². The van der Waals surface area contributed by atoms with Crippen LogP contribution in [0.2, 0.25) is 5.02 Å². The Morgan fingerprint density at radius 2 is 2.33 bits per heavy atom. The van der Waals surface area contributed by atoms with E-state index in [0.29, 0.717) is 17.2 Å². The van der Waals surface area contributed by atoms with E-state index in [4.69, 9.17) is 21.1 Å². The van der Waals surface area contributed by atoms with Crippen LogP contribution in [0.5, 0.6) is 5.75 Å². The quantitative estimate of drug-likeness (QED) is 0.618. The molecule has 1 aromatic carbocycles. The second-order valence-electron chi connectivity index (χ2n) is 4.13. The first-order chi connectivity index (χ1) is 8.70. The van der Waals surface area contributed by atoms with Gasteiger partial charge in [0, 0.05) is 10.6 Å². The lowest BCUT2D eigenvalue weighted by molar-refractivity contribution is -0.139. The Morgan fingerprint density at radius 1 is 1.50 bits per heavy atom. The molecule has 0 saturated heterocycles. The topological polar surface area (TPSA) is 35.5 Å². The smallest absolute Gasteiger partial charge is 0.337 e. The third kappa shape index (κ3) is 3.05. The summed E-state index contributed by atoms with van der Waals surface area (Å²) in [6, 6.07) is 5.33. The van der Waals surface area contributed by atoms with Crippen LogP contribution in [-0.4, -0.2) is 19.2 Å². The summed E-state index contributed by atoms with van der Waals surface area (Å²) in [5.41, 5.74) is 1.34. The first-order valence-electron chi connectivity index (χ1n) is 6.00. The van der Waals surface area contributed by atoms with Gasteiger partial charge < -0.3 is 9.47 Å². The number of hydrogen-bond donors (Lipinski definition) is 0. The van der Waals surface area contributed by atoms with E-state index in [1.54, 1.807) is 24.3 Å². The maximum Gasteiger partial charge on any atom is 0.337 e. The van der Waals surface area contributed by atoms with Crippen LogP contribution in [0.15, 0.2) is 23.8 Å². The van der Waals surface area contributed by atoms with Gasteiger partial charge in [-0.2, -0.15) is 0 Å². The van der Waals surface area contributed by atoms with Crippen LogP contribution < -0.4 is 4.74 Å². The fourth-order valence-corrected chi connectivity index (χ4v) is 1.85. The van der Waals surface area contributed by atoms with Gasteiger partial charge in [-0.1, -0.05) is 24.9 Å². The van der Waals surface area contributed by atoms with Gasteiger partial charge in [0.05, 0.1) is 12.2 Å². The monoisotopic (exact) mass is 266 g/mol. The number of rotatable bonds is 4. The summed E-state index contributed by atoms with van der Waals surface area (Å²) in [7, 11) is 0. The minimum absolute atomic E-state index is 0.250. The Bertz CT molecular complexity index is 480. The number of ether oxygens (including phenoxy) is 2. The van der Waals surface area contributed by atoms with E-state index >= 15 is 0 Å². The average Bonchev–Trinajstić information content (AvgIpc) is 2.38. The Balaban J connectivity index is 2.09. The van der Waals surface area contributed by atoms with E-state index in [1.165, 1.54) is 0 Å². The zero-order valence-corrected chi connectivity index (χ0v) is 11.0. The van der Waals surface area contributed by atoms with E-state index in [2.05, 4.69) is 6.92 Å². The lowest BCUT2D eigenvalue weighted by Crippen LogP contribution is -2.17. The van der Waals surface area contributed by atoms with Gasteiger partial charge in [0.15, 0.2) is 0 Å². The molecule has 1 aromatic rings. The zero-order valence-electron chi connectivity index (χ0n) is 10.2. The third-order valence-corrected chi connectivity index (χ3v) is 2.91. The second kappa shape index (κ2) is 5.91. The molecule has 2 rings (SSSR count). The fourth-order valence-electron chi connectivity index (χ4n) is 1.67. The lowest BCUT2D eigenvalue weighted by Gasteiger charge is -2.17. The number of esters is 1. The van der Waals surface area contributed by atoms with E-state index in [-0.39, 0.29) is 12.6 Å². The van der Waals surface area contributed by atoms with Crippen molar-refractivity contribution in [1.82, 2.24) is 0 Å². The number of hydrogen-bond acceptors (Lipinski definition) is 3. The maximum atomic E-state index is 11.8. The highest BCUT2D eigenvalue weighted by atomic mass is 35.5. The molecule has 0 spiro atoms. The molecule has 1 heterocycles. The number of unbranched alkanes of at least 4 members (excludes halogenated alkanes) is 1. The van der Waals surface area contributed by atoms with Crippen LogP contribution in [0.1, 0.15) is 25.3 Å². The number of carbonyl (C=O) groups is 1. The molecular formula is C14H15ClO3. The van der Waals surface area contributed by atoms with Crippen molar-refractivity contribution in [2.45, 2.75) is 19.8 Å². The second-order valence-corrected chi connectivity index (χ2v) is 4.57. The normalized spacial score (nSPS) is 13.3. The van der Waals surface area contributed by atoms with Gasteiger partial charge in [-0.25, -0.2) is 4.79 Å². The van der Waals surface area contributed by atoms with Crippen LogP contribution in [0.3, 0.4) is 0 Å². The van der Waals surface area contributed by atoms with E-state index < -0.39 is 0 Å². The van der Waals surface area contributed by atoms with Gasteiger partial charge in [0.25, 0.3) is 0 Å². The zero-order chi connectivity index (χ0) is 13.0. The van der Waals surface area contributed by atoms with Crippen molar-refractivity contribution in [1.29, 1.82) is 0 Å². The summed E-state index contributed by atoms with van der Waals surface area (Å²) >= 11 is 5.91. The molecule has 0 amide bonds. The third-order valence-electron chi connectivity index (χ3n) is 2.68. The average molecular weight is 267 g/mol. The number of carbonyl (C=O) groups excluding carboxylic acids is 1. The standard InChI is InChI=1S/C14H15ClO3/c1-2-3-6-17-14(16)11-7-10-8-12(15)4-5-13(10)18-9-11/h4-5,7-8H,2-3,6,9H2,1H3. The van der Waals surface area contributed by atoms with Crippen LogP contribution >= 0.6 is 11.6 Å². The van der Waals surface area contributed by atoms with Crippen molar-refractivity contribution in [2.24, 2.45) is 0 Å². The molecule has 96 valence electrons. The van der Waals surface area contributed by atoms with Crippen LogP contribution in [0, 0.1) is 0 Å². The van der Waals surface area contributed by atoms with Crippen molar-refractivity contribution in [3.8, 4) is 5.75 Å². The van der Waals surface area contributed by atoms with Crippen molar-refractivity contribution in [3.63, 3.8) is 0 Å². The van der Waals surface area contributed by atoms with Crippen LogP contribution in [0.25, 0.3) is 6.08 Å². The first-order valence-corrected chi connectivity index (χ1v) is 6.38. The SMILES string of the molecule is CCCCOC(=O)C1=Cc2cc(Cl)ccc2OC1. The molecule has 0 N–H and O–H groups in total. The summed E-state index contributed by atoms with van der Waals surface area (Å²) in [5, 5.41) is 0.620. The van der Waals surface area contributed by atoms with Crippen LogP contribution in [0.4, 0.5) is 0 Å². The van der Waals surface area contributed by atoms with E-state index in [1.807, 2.05) is 0 Å². The summed E-state index contributed by atoms with van der Waals surface area (Å²) in [6.07, 6.45) is 3.66. The molecule has 4 heteroatoms. The van der Waals surface area contributed by atoms with Crippen molar-refractivity contribution >= 4 is 23.6 Å². The minimum atomic E-state index is -0.311. The predicted octanol–water partition coefficient (Wildman–Crippen LogP) is 3.46. The van der Waals surface area contributed by atoms with Gasteiger partial charge >= 0.3 is 5.97 Å². The maximum absolute atomic E-state index is 11.8. The van der Waals surface area contributed by atoms with Gasteiger partial charge in [-0.05, 0) is 30.7 Å². The summed E-state index contributed by atoms with van der Waals surface area (Å²) in [5.74, 6) is 0.429. The van der Waals surface area contributed by atoms with Crippen molar-refractivity contribution in [2.75, 3.05) is 13.2 Å². The number of benzene rings is 1. The minimum Gasteiger partial charge on any atom is -0.488 e. The van der Waals surface area contributed by atoms with Gasteiger partial charge in [-0.3, -0.25) is 0 Å². The molecule has 18 heavy (non-hydrogen) atoms. The molecule has 3 nitrogen and oxygen atoms in total. The number of halogens is 1. The summed E-state index contributed by atoms with van der Waals surface area (Å²) in [4.78, 5) is 11.8. The molecule has 0 radical (unpaired) electrons. The molecule has 0 unspecified atom stereocenters. The van der Waals surface area contributed by atoms with Gasteiger partial charge in [0.2, 0.25) is 0 Å². The summed E-state index contributed by atoms with van der Waals surface area (Å²) < 4.78 is 10.6. The predicted molar refractivity (Wildman–Crippen MR) is 70.8 cm³/mol. The highest BCUT2D eigenvalue weighted by Gasteiger charge is 2.18. The highest BCUT2D eigenvalue weighted by Crippen LogP contribution is 2.29. The fraction of sp³-hybridized carbons (Fsp3) is 0.357. The van der Waals surface area contributed by atoms with Crippen molar-refractivity contribution in [3.05, 3.63) is 34.4 Å². The molecule has 0 saturated carbocycles. The number of fused-ring (bicyclic) bond motifs is 1. The molecule has 1 aliphatic heterocycles. The van der Waals surface area contributed by atoms with E-state index in [9.17, 15) is 4.79 Å². The van der Waals surface area contributed by atoms with Gasteiger partial charge in [-0.15, -0.1) is 0 Å². The lowest BCUT2D eigenvalue weighted by atomic mass is 10.1.